The lowest BCUT2D eigenvalue weighted by molar-refractivity contribution is -0.221. The summed E-state index contributed by atoms with van der Waals surface area (Å²) in [5, 5.41) is 10.2. The van der Waals surface area contributed by atoms with E-state index in [2.05, 4.69) is 13.5 Å². The second kappa shape index (κ2) is 7.08. The summed E-state index contributed by atoms with van der Waals surface area (Å²) in [6.07, 6.45) is 11.3. The van der Waals surface area contributed by atoms with Crippen LogP contribution in [0.3, 0.4) is 0 Å². The van der Waals surface area contributed by atoms with Crippen LogP contribution < -0.4 is 0 Å². The molecule has 0 radical (unpaired) electrons. The van der Waals surface area contributed by atoms with Crippen LogP contribution in [0.1, 0.15) is 72.1 Å². The van der Waals surface area contributed by atoms with E-state index in [-0.39, 0.29) is 35.2 Å². The third-order valence-electron chi connectivity index (χ3n) is 9.44. The molecular formula is C25H36O4. The highest BCUT2D eigenvalue weighted by Gasteiger charge is 2.68. The number of ketones is 1. The summed E-state index contributed by atoms with van der Waals surface area (Å²) >= 11 is 0. The van der Waals surface area contributed by atoms with Crippen LogP contribution in [-0.4, -0.2) is 29.6 Å². The van der Waals surface area contributed by atoms with Crippen molar-refractivity contribution in [1.82, 2.24) is 0 Å². The van der Waals surface area contributed by atoms with Gasteiger partial charge in [-0.1, -0.05) is 25.2 Å². The molecule has 0 aromatic heterocycles. The Balaban J connectivity index is 1.71. The normalized spacial score (nSPS) is 46.4. The lowest BCUT2D eigenvalue weighted by atomic mass is 9.40. The van der Waals surface area contributed by atoms with Gasteiger partial charge in [0.25, 0.3) is 0 Å². The van der Waals surface area contributed by atoms with Crippen molar-refractivity contribution in [3.05, 3.63) is 24.3 Å². The Kier molecular flexibility index (Phi) is 5.08. The molecule has 4 heteroatoms. The van der Waals surface area contributed by atoms with E-state index in [1.54, 1.807) is 12.2 Å². The van der Waals surface area contributed by atoms with Crippen LogP contribution >= 0.6 is 0 Å². The lowest BCUT2D eigenvalue weighted by Gasteiger charge is -2.65. The Bertz CT molecular complexity index is 754. The van der Waals surface area contributed by atoms with E-state index in [1.165, 1.54) is 18.4 Å². The van der Waals surface area contributed by atoms with Gasteiger partial charge < -0.3 is 9.84 Å². The van der Waals surface area contributed by atoms with E-state index in [9.17, 15) is 14.7 Å². The van der Waals surface area contributed by atoms with E-state index >= 15 is 0 Å². The summed E-state index contributed by atoms with van der Waals surface area (Å²) in [7, 11) is 0. The molecule has 4 fully saturated rings. The van der Waals surface area contributed by atoms with Crippen molar-refractivity contribution in [2.45, 2.75) is 78.2 Å². The Morgan fingerprint density at radius 2 is 1.93 bits per heavy atom. The van der Waals surface area contributed by atoms with Crippen LogP contribution in [-0.2, 0) is 14.3 Å². The van der Waals surface area contributed by atoms with Crippen LogP contribution in [0.4, 0.5) is 0 Å². The van der Waals surface area contributed by atoms with Gasteiger partial charge in [0.2, 0.25) is 0 Å². The van der Waals surface area contributed by atoms with E-state index in [4.69, 9.17) is 4.74 Å². The molecule has 0 saturated heterocycles. The fourth-order valence-corrected chi connectivity index (χ4v) is 8.18. The van der Waals surface area contributed by atoms with Gasteiger partial charge in [-0.05, 0) is 94.5 Å². The van der Waals surface area contributed by atoms with Crippen molar-refractivity contribution in [3.8, 4) is 0 Å². The second-order valence-electron chi connectivity index (χ2n) is 10.7. The summed E-state index contributed by atoms with van der Waals surface area (Å²) in [6, 6.07) is 0. The lowest BCUT2D eigenvalue weighted by Crippen LogP contribution is -2.63. The minimum Gasteiger partial charge on any atom is -0.481 e. The minimum absolute atomic E-state index is 0.0114. The van der Waals surface area contributed by atoms with Crippen molar-refractivity contribution in [2.75, 3.05) is 6.61 Å². The maximum atomic E-state index is 12.4. The molecule has 4 aliphatic rings. The first-order valence-corrected chi connectivity index (χ1v) is 11.4. The molecule has 1 spiro atoms. The molecule has 0 aliphatic heterocycles. The Morgan fingerprint density at radius 3 is 2.62 bits per heavy atom. The number of hydrogen-bond acceptors (Lipinski definition) is 3. The number of carbonyl (C=O) groups excluding carboxylic acids is 1. The predicted molar refractivity (Wildman–Crippen MR) is 112 cm³/mol. The molecule has 4 aliphatic carbocycles. The number of carboxylic acid groups (broad SMARTS) is 1. The SMILES string of the molecule is C=C1C[C@@]23CC[C@H]4[C@@](C)([C@@H](OCC(=O)/C=C/C)CC[C@@]4(C)C(=O)O)[C@@H]2CC[C@@H]1C3. The van der Waals surface area contributed by atoms with Crippen molar-refractivity contribution in [2.24, 2.45) is 34.0 Å². The zero-order chi connectivity index (χ0) is 21.0. The molecule has 7 atom stereocenters. The number of carboxylic acids is 1. The number of ether oxygens (including phenoxy) is 1. The molecule has 1 N–H and O–H groups in total. The van der Waals surface area contributed by atoms with Gasteiger partial charge in [-0.25, -0.2) is 0 Å². The molecule has 2 bridgehead atoms. The van der Waals surface area contributed by atoms with Crippen molar-refractivity contribution >= 4 is 11.8 Å². The molecule has 4 rings (SSSR count). The van der Waals surface area contributed by atoms with Crippen LogP contribution in [0.25, 0.3) is 0 Å². The van der Waals surface area contributed by atoms with Gasteiger partial charge in [-0.3, -0.25) is 9.59 Å². The maximum absolute atomic E-state index is 12.4. The number of fused-ring (bicyclic) bond motifs is 3. The van der Waals surface area contributed by atoms with Gasteiger partial charge in [0.1, 0.15) is 6.61 Å². The molecule has 0 amide bonds. The minimum atomic E-state index is -0.712. The number of rotatable bonds is 5. The maximum Gasteiger partial charge on any atom is 0.309 e. The third-order valence-corrected chi connectivity index (χ3v) is 9.44. The molecule has 0 heterocycles. The zero-order valence-electron chi connectivity index (χ0n) is 18.2. The summed E-state index contributed by atoms with van der Waals surface area (Å²) in [6.45, 7) is 10.6. The average Bonchev–Trinajstić information content (AvgIpc) is 2.89. The van der Waals surface area contributed by atoms with E-state index in [0.717, 1.165) is 32.1 Å². The molecule has 29 heavy (non-hydrogen) atoms. The highest BCUT2D eigenvalue weighted by Crippen LogP contribution is 2.72. The van der Waals surface area contributed by atoms with E-state index in [0.29, 0.717) is 18.3 Å². The topological polar surface area (TPSA) is 63.6 Å². The smallest absolute Gasteiger partial charge is 0.309 e. The Hall–Kier alpha value is -1.42. The van der Waals surface area contributed by atoms with Crippen LogP contribution in [0.2, 0.25) is 0 Å². The standard InChI is InChI=1S/C25H36O4/c1-5-6-18(26)15-29-21-10-11-23(3,22(27)28)19-9-12-25-13-16(2)17(14-25)7-8-20(25)24(19,21)4/h5-6,17,19-21H,2,7-15H2,1,3-4H3,(H,27,28)/b6-5+/t17-,19-,20+,21+,23-,24-,25-/m1/s1. The van der Waals surface area contributed by atoms with E-state index in [1.807, 2.05) is 13.8 Å². The van der Waals surface area contributed by atoms with Crippen LogP contribution in [0.15, 0.2) is 24.3 Å². The first-order chi connectivity index (χ1) is 13.7. The van der Waals surface area contributed by atoms with Gasteiger partial charge >= 0.3 is 5.97 Å². The highest BCUT2D eigenvalue weighted by molar-refractivity contribution is 5.90. The van der Waals surface area contributed by atoms with Crippen molar-refractivity contribution in [3.63, 3.8) is 0 Å². The molecule has 0 unspecified atom stereocenters. The second-order valence-corrected chi connectivity index (χ2v) is 10.7. The molecule has 0 aromatic rings. The fraction of sp³-hybridized carbons (Fsp3) is 0.760. The number of aliphatic carboxylic acids is 1. The van der Waals surface area contributed by atoms with Gasteiger partial charge in [-0.15, -0.1) is 0 Å². The first kappa shape index (κ1) is 20.8. The average molecular weight is 401 g/mol. The van der Waals surface area contributed by atoms with Gasteiger partial charge in [-0.2, -0.15) is 0 Å². The summed E-state index contributed by atoms with van der Waals surface area (Å²) in [5.41, 5.74) is 0.745. The summed E-state index contributed by atoms with van der Waals surface area (Å²) in [5.74, 6) is 0.506. The van der Waals surface area contributed by atoms with Crippen molar-refractivity contribution < 1.29 is 19.4 Å². The van der Waals surface area contributed by atoms with Gasteiger partial charge in [0, 0.05) is 5.41 Å². The Labute approximate surface area is 174 Å². The van der Waals surface area contributed by atoms with Gasteiger partial charge in [0.15, 0.2) is 5.78 Å². The number of hydrogen-bond donors (Lipinski definition) is 1. The summed E-state index contributed by atoms with van der Waals surface area (Å²) in [4.78, 5) is 24.5. The fourth-order valence-electron chi connectivity index (χ4n) is 8.18. The van der Waals surface area contributed by atoms with Crippen molar-refractivity contribution in [1.29, 1.82) is 0 Å². The van der Waals surface area contributed by atoms with Crippen LogP contribution in [0.5, 0.6) is 0 Å². The highest BCUT2D eigenvalue weighted by atomic mass is 16.5. The predicted octanol–water partition coefficient (Wildman–Crippen LogP) is 5.18. The molecule has 4 nitrogen and oxygen atoms in total. The zero-order valence-corrected chi connectivity index (χ0v) is 18.2. The molecule has 0 aromatic carbocycles. The molecular weight excluding hydrogens is 364 g/mol. The van der Waals surface area contributed by atoms with Gasteiger partial charge in [0.05, 0.1) is 11.5 Å². The monoisotopic (exact) mass is 400 g/mol. The third kappa shape index (κ3) is 2.97. The van der Waals surface area contributed by atoms with E-state index < -0.39 is 11.4 Å². The largest absolute Gasteiger partial charge is 0.481 e. The number of allylic oxidation sites excluding steroid dienone is 2. The quantitative estimate of drug-likeness (QED) is 0.510. The Morgan fingerprint density at radius 1 is 1.17 bits per heavy atom. The molecule has 4 saturated carbocycles. The summed E-state index contributed by atoms with van der Waals surface area (Å²) < 4.78 is 6.31. The van der Waals surface area contributed by atoms with Crippen LogP contribution in [0, 0.1) is 34.0 Å². The molecule has 160 valence electrons. The first-order valence-electron chi connectivity index (χ1n) is 11.4. The number of carbonyl (C=O) groups is 2.